The van der Waals surface area contributed by atoms with Crippen LogP contribution in [0.5, 0.6) is 0 Å². The summed E-state index contributed by atoms with van der Waals surface area (Å²) in [6.45, 7) is 1.22. The molecule has 2 atom stereocenters. The molecule has 0 saturated carbocycles. The number of hydrogen-bond acceptors (Lipinski definition) is 2. The number of carbonyl (C=O) groups is 1. The largest absolute Gasteiger partial charge is 0.383 e. The quantitative estimate of drug-likeness (QED) is 0.585. The number of amides is 1. The van der Waals surface area contributed by atoms with E-state index in [1.807, 2.05) is 23.1 Å². The Kier molecular flexibility index (Phi) is 4.61. The summed E-state index contributed by atoms with van der Waals surface area (Å²) >= 11 is 5.78. The zero-order chi connectivity index (χ0) is 13.0. The van der Waals surface area contributed by atoms with Gasteiger partial charge in [0.1, 0.15) is 0 Å². The third-order valence-corrected chi connectivity index (χ3v) is 3.63. The molecule has 2 rings (SSSR count). The minimum Gasteiger partial charge on any atom is -0.383 e. The molecule has 1 heterocycles. The Hall–Kier alpha value is -1.06. The van der Waals surface area contributed by atoms with E-state index in [1.165, 1.54) is 5.56 Å². The molecule has 0 aromatic heterocycles. The molecule has 0 unspecified atom stereocenters. The van der Waals surface area contributed by atoms with Crippen molar-refractivity contribution in [2.75, 3.05) is 26.1 Å². The van der Waals surface area contributed by atoms with E-state index in [0.29, 0.717) is 19.0 Å². The lowest BCUT2D eigenvalue weighted by Crippen LogP contribution is -2.55. The van der Waals surface area contributed by atoms with Gasteiger partial charge in [0.05, 0.1) is 18.6 Å². The lowest BCUT2D eigenvalue weighted by atomic mass is 9.80. The van der Waals surface area contributed by atoms with Crippen LogP contribution in [0, 0.1) is 5.92 Å². The van der Waals surface area contributed by atoms with Crippen molar-refractivity contribution in [1.82, 2.24) is 4.90 Å². The average molecular weight is 268 g/mol. The number of β-lactam (4-membered cyclic amide) rings is 1. The summed E-state index contributed by atoms with van der Waals surface area (Å²) < 4.78 is 5.06. The van der Waals surface area contributed by atoms with Gasteiger partial charge in [0.15, 0.2) is 0 Å². The maximum Gasteiger partial charge on any atom is 0.228 e. The van der Waals surface area contributed by atoms with E-state index < -0.39 is 0 Å². The number of rotatable bonds is 6. The lowest BCUT2D eigenvalue weighted by molar-refractivity contribution is -0.158. The van der Waals surface area contributed by atoms with Gasteiger partial charge in [-0.3, -0.25) is 4.79 Å². The molecule has 0 aliphatic carbocycles. The fourth-order valence-electron chi connectivity index (χ4n) is 2.52. The Morgan fingerprint density at radius 2 is 2.06 bits per heavy atom. The molecule has 1 fully saturated rings. The van der Waals surface area contributed by atoms with Crippen LogP contribution >= 0.6 is 11.6 Å². The second kappa shape index (κ2) is 6.21. The van der Waals surface area contributed by atoms with Crippen LogP contribution in [0.3, 0.4) is 0 Å². The van der Waals surface area contributed by atoms with Crippen LogP contribution in [-0.4, -0.2) is 36.9 Å². The number of methoxy groups -OCH3 is 1. The molecule has 98 valence electrons. The van der Waals surface area contributed by atoms with Crippen LogP contribution in [0.4, 0.5) is 0 Å². The first kappa shape index (κ1) is 13.4. The molecular formula is C14H18ClNO2. The van der Waals surface area contributed by atoms with E-state index >= 15 is 0 Å². The van der Waals surface area contributed by atoms with Crippen LogP contribution in [0.2, 0.25) is 0 Å². The monoisotopic (exact) mass is 267 g/mol. The summed E-state index contributed by atoms with van der Waals surface area (Å²) in [6, 6.07) is 10.3. The smallest absolute Gasteiger partial charge is 0.228 e. The van der Waals surface area contributed by atoms with Crippen molar-refractivity contribution in [2.24, 2.45) is 5.92 Å². The number of halogens is 1. The van der Waals surface area contributed by atoms with Gasteiger partial charge in [-0.25, -0.2) is 0 Å². The average Bonchev–Trinajstić information content (AvgIpc) is 2.42. The van der Waals surface area contributed by atoms with Gasteiger partial charge in [-0.2, -0.15) is 0 Å². The topological polar surface area (TPSA) is 29.5 Å². The second-order valence-corrected chi connectivity index (χ2v) is 4.84. The maximum atomic E-state index is 12.1. The molecule has 3 nitrogen and oxygen atoms in total. The van der Waals surface area contributed by atoms with Crippen LogP contribution in [0.15, 0.2) is 30.3 Å². The third kappa shape index (κ3) is 2.52. The fourth-order valence-corrected chi connectivity index (χ4v) is 2.76. The second-order valence-electron chi connectivity index (χ2n) is 4.46. The van der Waals surface area contributed by atoms with Gasteiger partial charge in [0.2, 0.25) is 5.91 Å². The van der Waals surface area contributed by atoms with Crippen LogP contribution in [0.1, 0.15) is 18.0 Å². The molecule has 1 aromatic carbocycles. The highest BCUT2D eigenvalue weighted by molar-refractivity contribution is 6.18. The summed E-state index contributed by atoms with van der Waals surface area (Å²) in [5, 5.41) is 0. The fraction of sp³-hybridized carbons (Fsp3) is 0.500. The summed E-state index contributed by atoms with van der Waals surface area (Å²) in [6.07, 6.45) is 0.740. The van der Waals surface area contributed by atoms with Crippen molar-refractivity contribution >= 4 is 17.5 Å². The van der Waals surface area contributed by atoms with Crippen LogP contribution in [0.25, 0.3) is 0 Å². The van der Waals surface area contributed by atoms with Crippen molar-refractivity contribution in [1.29, 1.82) is 0 Å². The Bertz CT molecular complexity index is 396. The van der Waals surface area contributed by atoms with E-state index in [0.717, 1.165) is 6.42 Å². The highest BCUT2D eigenvalue weighted by Gasteiger charge is 2.46. The summed E-state index contributed by atoms with van der Waals surface area (Å²) in [5.74, 6) is 0.751. The highest BCUT2D eigenvalue weighted by atomic mass is 35.5. The van der Waals surface area contributed by atoms with E-state index in [2.05, 4.69) is 12.1 Å². The molecule has 1 aliphatic heterocycles. The SMILES string of the molecule is COCCN1C(=O)[C@@H](CCCl)[C@@H]1c1ccccc1. The normalized spacial score (nSPS) is 23.0. The van der Waals surface area contributed by atoms with E-state index in [-0.39, 0.29) is 17.9 Å². The summed E-state index contributed by atoms with van der Waals surface area (Å²) in [4.78, 5) is 13.9. The van der Waals surface area contributed by atoms with Crippen molar-refractivity contribution in [2.45, 2.75) is 12.5 Å². The van der Waals surface area contributed by atoms with Crippen molar-refractivity contribution in [3.05, 3.63) is 35.9 Å². The molecular weight excluding hydrogens is 250 g/mol. The van der Waals surface area contributed by atoms with Gasteiger partial charge in [-0.05, 0) is 12.0 Å². The number of benzene rings is 1. The first-order chi connectivity index (χ1) is 8.79. The number of carbonyl (C=O) groups excluding carboxylic acids is 1. The minimum absolute atomic E-state index is 0.0294. The van der Waals surface area contributed by atoms with Gasteiger partial charge >= 0.3 is 0 Å². The number of ether oxygens (including phenoxy) is 1. The van der Waals surface area contributed by atoms with Gasteiger partial charge in [0, 0.05) is 19.5 Å². The predicted molar refractivity (Wildman–Crippen MR) is 71.6 cm³/mol. The molecule has 4 heteroatoms. The number of likely N-dealkylation sites (tertiary alicyclic amines) is 1. The first-order valence-electron chi connectivity index (χ1n) is 6.20. The zero-order valence-corrected chi connectivity index (χ0v) is 11.3. The summed E-state index contributed by atoms with van der Waals surface area (Å²) in [7, 11) is 1.65. The van der Waals surface area contributed by atoms with Crippen molar-refractivity contribution in [3.63, 3.8) is 0 Å². The Morgan fingerprint density at radius 3 is 2.67 bits per heavy atom. The van der Waals surface area contributed by atoms with Crippen LogP contribution < -0.4 is 0 Å². The molecule has 0 spiro atoms. The maximum absolute atomic E-state index is 12.1. The molecule has 0 radical (unpaired) electrons. The minimum atomic E-state index is 0.0294. The Labute approximate surface area is 113 Å². The first-order valence-corrected chi connectivity index (χ1v) is 6.73. The van der Waals surface area contributed by atoms with Gasteiger partial charge in [-0.1, -0.05) is 30.3 Å². The Balaban J connectivity index is 2.13. The predicted octanol–water partition coefficient (Wildman–Crippen LogP) is 2.46. The number of alkyl halides is 1. The Morgan fingerprint density at radius 1 is 1.33 bits per heavy atom. The molecule has 0 bridgehead atoms. The standard InChI is InChI=1S/C14H18ClNO2/c1-18-10-9-16-13(11-5-3-2-4-6-11)12(7-8-15)14(16)17/h2-6,12-13H,7-10H2,1H3/t12-,13-/m0/s1. The van der Waals surface area contributed by atoms with Crippen molar-refractivity contribution < 1.29 is 9.53 Å². The van der Waals surface area contributed by atoms with Gasteiger partial charge < -0.3 is 9.64 Å². The third-order valence-electron chi connectivity index (χ3n) is 3.41. The highest BCUT2D eigenvalue weighted by Crippen LogP contribution is 2.41. The van der Waals surface area contributed by atoms with Crippen molar-refractivity contribution in [3.8, 4) is 0 Å². The number of hydrogen-bond donors (Lipinski definition) is 0. The van der Waals surface area contributed by atoms with Crippen LogP contribution in [-0.2, 0) is 9.53 Å². The molecule has 1 aromatic rings. The zero-order valence-electron chi connectivity index (χ0n) is 10.5. The molecule has 0 N–H and O–H groups in total. The summed E-state index contributed by atoms with van der Waals surface area (Å²) in [5.41, 5.74) is 1.18. The van der Waals surface area contributed by atoms with E-state index in [9.17, 15) is 4.79 Å². The van der Waals surface area contributed by atoms with E-state index in [4.69, 9.17) is 16.3 Å². The molecule has 18 heavy (non-hydrogen) atoms. The molecule has 1 saturated heterocycles. The van der Waals surface area contributed by atoms with Gasteiger partial charge in [-0.15, -0.1) is 11.6 Å². The van der Waals surface area contributed by atoms with Gasteiger partial charge in [0.25, 0.3) is 0 Å². The molecule has 1 amide bonds. The number of nitrogens with zero attached hydrogens (tertiary/aromatic N) is 1. The molecule has 1 aliphatic rings. The van der Waals surface area contributed by atoms with E-state index in [1.54, 1.807) is 7.11 Å². The lowest BCUT2D eigenvalue weighted by Gasteiger charge is -2.47.